The molecule has 0 spiro atoms. The Morgan fingerprint density at radius 2 is 2.10 bits per heavy atom. The molecular formula is C13H21F2N5O. The lowest BCUT2D eigenvalue weighted by Gasteiger charge is -2.34. The second-order valence-corrected chi connectivity index (χ2v) is 5.04. The maximum atomic E-state index is 12.7. The number of carbonyl (C=O) groups excluding carboxylic acids is 1. The van der Waals surface area contributed by atoms with Crippen LogP contribution in [0.15, 0.2) is 12.4 Å². The zero-order chi connectivity index (χ0) is 15.2. The predicted molar refractivity (Wildman–Crippen MR) is 73.9 cm³/mol. The summed E-state index contributed by atoms with van der Waals surface area (Å²) in [7, 11) is 1.82. The average Bonchev–Trinajstić information content (AvgIpc) is 2.94. The molecule has 0 unspecified atom stereocenters. The van der Waals surface area contributed by atoms with E-state index in [-0.39, 0.29) is 5.91 Å². The van der Waals surface area contributed by atoms with E-state index in [9.17, 15) is 13.6 Å². The summed E-state index contributed by atoms with van der Waals surface area (Å²) in [5, 5.41) is 2.95. The van der Waals surface area contributed by atoms with Gasteiger partial charge in [-0.15, -0.1) is 0 Å². The number of imidazole rings is 1. The van der Waals surface area contributed by atoms with E-state index in [0.717, 1.165) is 4.57 Å². The fraction of sp³-hybridized carbons (Fsp3) is 0.692. The number of aromatic nitrogens is 2. The van der Waals surface area contributed by atoms with Gasteiger partial charge in [0.25, 0.3) is 0 Å². The number of piperazine rings is 1. The normalized spacial score (nSPS) is 16.7. The van der Waals surface area contributed by atoms with Gasteiger partial charge in [0.15, 0.2) is 0 Å². The Kier molecular flexibility index (Phi) is 5.63. The van der Waals surface area contributed by atoms with Crippen LogP contribution < -0.4 is 5.32 Å². The molecule has 1 aromatic heterocycles. The lowest BCUT2D eigenvalue weighted by molar-refractivity contribution is -0.132. The van der Waals surface area contributed by atoms with Gasteiger partial charge in [-0.1, -0.05) is 0 Å². The molecule has 1 fully saturated rings. The minimum absolute atomic E-state index is 0.137. The van der Waals surface area contributed by atoms with Crippen molar-refractivity contribution in [3.05, 3.63) is 18.2 Å². The van der Waals surface area contributed by atoms with E-state index in [0.29, 0.717) is 51.5 Å². The zero-order valence-corrected chi connectivity index (χ0v) is 12.1. The second-order valence-electron chi connectivity index (χ2n) is 5.04. The Morgan fingerprint density at radius 1 is 1.38 bits per heavy atom. The van der Waals surface area contributed by atoms with Gasteiger partial charge in [-0.25, -0.2) is 4.98 Å². The number of hydrogen-bond acceptors (Lipinski definition) is 4. The Balaban J connectivity index is 1.81. The predicted octanol–water partition coefficient (Wildman–Crippen LogP) is 0.532. The molecule has 8 heteroatoms. The highest BCUT2D eigenvalue weighted by atomic mass is 19.3. The average molecular weight is 301 g/mol. The van der Waals surface area contributed by atoms with Crippen LogP contribution in [-0.4, -0.2) is 65.0 Å². The van der Waals surface area contributed by atoms with Gasteiger partial charge in [0.05, 0.1) is 6.54 Å². The van der Waals surface area contributed by atoms with Gasteiger partial charge in [0, 0.05) is 51.5 Å². The van der Waals surface area contributed by atoms with Crippen LogP contribution in [-0.2, 0) is 11.3 Å². The molecule has 0 atom stereocenters. The van der Waals surface area contributed by atoms with Gasteiger partial charge in [-0.3, -0.25) is 14.3 Å². The Morgan fingerprint density at radius 3 is 2.71 bits per heavy atom. The van der Waals surface area contributed by atoms with Crippen LogP contribution in [0.4, 0.5) is 8.78 Å². The summed E-state index contributed by atoms with van der Waals surface area (Å²) in [4.78, 5) is 19.7. The molecule has 1 amide bonds. The first-order valence-electron chi connectivity index (χ1n) is 7.06. The van der Waals surface area contributed by atoms with E-state index in [1.54, 1.807) is 0 Å². The molecule has 2 rings (SSSR count). The summed E-state index contributed by atoms with van der Waals surface area (Å²) in [6, 6.07) is 0. The monoisotopic (exact) mass is 301 g/mol. The van der Waals surface area contributed by atoms with Crippen molar-refractivity contribution in [2.45, 2.75) is 19.5 Å². The van der Waals surface area contributed by atoms with Crippen LogP contribution in [0.5, 0.6) is 0 Å². The lowest BCUT2D eigenvalue weighted by Crippen LogP contribution is -2.48. The summed E-state index contributed by atoms with van der Waals surface area (Å²) in [6.45, 7) is 1.13. The van der Waals surface area contributed by atoms with Crippen LogP contribution in [0.25, 0.3) is 0 Å². The SMILES string of the molecule is CNCCC(=O)N1CCN(Cc2nccn2C(F)F)CC1. The second kappa shape index (κ2) is 7.46. The zero-order valence-electron chi connectivity index (χ0n) is 12.1. The van der Waals surface area contributed by atoms with Crippen LogP contribution in [0, 0.1) is 0 Å². The summed E-state index contributed by atoms with van der Waals surface area (Å²) in [5.74, 6) is 0.498. The Hall–Kier alpha value is -1.54. The fourth-order valence-electron chi connectivity index (χ4n) is 2.39. The first-order valence-corrected chi connectivity index (χ1v) is 7.06. The van der Waals surface area contributed by atoms with E-state index in [2.05, 4.69) is 10.3 Å². The van der Waals surface area contributed by atoms with Gasteiger partial charge in [0.2, 0.25) is 5.91 Å². The first-order chi connectivity index (χ1) is 10.1. The fourth-order valence-corrected chi connectivity index (χ4v) is 2.39. The minimum Gasteiger partial charge on any atom is -0.340 e. The molecule has 0 saturated carbocycles. The smallest absolute Gasteiger partial charge is 0.319 e. The maximum Gasteiger partial charge on any atom is 0.319 e. The summed E-state index contributed by atoms with van der Waals surface area (Å²) in [6.07, 6.45) is 3.17. The third-order valence-corrected chi connectivity index (χ3v) is 3.64. The maximum absolute atomic E-state index is 12.7. The van der Waals surface area contributed by atoms with Crippen LogP contribution in [0.1, 0.15) is 18.8 Å². The van der Waals surface area contributed by atoms with E-state index in [1.165, 1.54) is 12.4 Å². The Labute approximate surface area is 122 Å². The van der Waals surface area contributed by atoms with E-state index < -0.39 is 6.55 Å². The van der Waals surface area contributed by atoms with Gasteiger partial charge in [-0.2, -0.15) is 8.78 Å². The molecule has 1 saturated heterocycles. The Bertz CT molecular complexity index is 457. The molecule has 21 heavy (non-hydrogen) atoms. The molecule has 0 bridgehead atoms. The van der Waals surface area contributed by atoms with Crippen molar-refractivity contribution in [1.82, 2.24) is 24.7 Å². The third-order valence-electron chi connectivity index (χ3n) is 3.64. The highest BCUT2D eigenvalue weighted by Gasteiger charge is 2.22. The number of rotatable bonds is 6. The van der Waals surface area contributed by atoms with Crippen LogP contribution in [0.3, 0.4) is 0 Å². The largest absolute Gasteiger partial charge is 0.340 e. The number of halogens is 2. The molecule has 1 aliphatic rings. The molecule has 0 aliphatic carbocycles. The lowest BCUT2D eigenvalue weighted by atomic mass is 10.2. The molecule has 2 heterocycles. The minimum atomic E-state index is -2.56. The number of nitrogens with one attached hydrogen (secondary N) is 1. The van der Waals surface area contributed by atoms with E-state index in [4.69, 9.17) is 0 Å². The van der Waals surface area contributed by atoms with E-state index in [1.807, 2.05) is 16.8 Å². The third kappa shape index (κ3) is 4.21. The summed E-state index contributed by atoms with van der Waals surface area (Å²) >= 11 is 0. The van der Waals surface area contributed by atoms with Crippen molar-refractivity contribution >= 4 is 5.91 Å². The van der Waals surface area contributed by atoms with Gasteiger partial charge < -0.3 is 10.2 Å². The number of hydrogen-bond donors (Lipinski definition) is 1. The number of amides is 1. The van der Waals surface area contributed by atoms with Gasteiger partial charge >= 0.3 is 6.55 Å². The first kappa shape index (κ1) is 15.8. The van der Waals surface area contributed by atoms with Crippen molar-refractivity contribution in [2.75, 3.05) is 39.8 Å². The number of alkyl halides is 2. The number of carbonyl (C=O) groups is 1. The molecule has 1 aromatic rings. The quantitative estimate of drug-likeness (QED) is 0.833. The van der Waals surface area contributed by atoms with Crippen LogP contribution >= 0.6 is 0 Å². The van der Waals surface area contributed by atoms with Gasteiger partial charge in [-0.05, 0) is 7.05 Å². The summed E-state index contributed by atoms with van der Waals surface area (Å²) < 4.78 is 26.4. The van der Waals surface area contributed by atoms with Crippen molar-refractivity contribution in [3.63, 3.8) is 0 Å². The molecule has 1 aliphatic heterocycles. The molecule has 1 N–H and O–H groups in total. The van der Waals surface area contributed by atoms with Gasteiger partial charge in [0.1, 0.15) is 5.82 Å². The molecule has 6 nitrogen and oxygen atoms in total. The standard InChI is InChI=1S/C13H21F2N5O/c1-16-3-2-12(21)19-8-6-18(7-9-19)10-11-17-4-5-20(11)13(14)15/h4-5,13,16H,2-3,6-10H2,1H3. The molecular weight excluding hydrogens is 280 g/mol. The van der Waals surface area contributed by atoms with Crippen LogP contribution in [0.2, 0.25) is 0 Å². The summed E-state index contributed by atoms with van der Waals surface area (Å²) in [5.41, 5.74) is 0. The number of nitrogens with zero attached hydrogens (tertiary/aromatic N) is 4. The highest BCUT2D eigenvalue weighted by molar-refractivity contribution is 5.76. The molecule has 0 radical (unpaired) electrons. The molecule has 0 aromatic carbocycles. The molecule has 118 valence electrons. The van der Waals surface area contributed by atoms with Crippen molar-refractivity contribution in [1.29, 1.82) is 0 Å². The van der Waals surface area contributed by atoms with Crippen molar-refractivity contribution in [3.8, 4) is 0 Å². The van der Waals surface area contributed by atoms with E-state index >= 15 is 0 Å². The van der Waals surface area contributed by atoms with Crippen molar-refractivity contribution < 1.29 is 13.6 Å². The highest BCUT2D eigenvalue weighted by Crippen LogP contribution is 2.15. The topological polar surface area (TPSA) is 53.4 Å². The van der Waals surface area contributed by atoms with Crippen molar-refractivity contribution in [2.24, 2.45) is 0 Å².